The molecule has 184 valence electrons. The Morgan fingerprint density at radius 2 is 2.06 bits per heavy atom. The molecule has 0 saturated carbocycles. The van der Waals surface area contributed by atoms with Crippen molar-refractivity contribution >= 4 is 5.91 Å². The highest BCUT2D eigenvalue weighted by Crippen LogP contribution is 2.43. The molecule has 0 aromatic heterocycles. The first-order chi connectivity index (χ1) is 16.5. The number of hydrogen-bond acceptors (Lipinski definition) is 6. The van der Waals surface area contributed by atoms with Gasteiger partial charge in [-0.25, -0.2) is 0 Å². The zero-order valence-electron chi connectivity index (χ0n) is 20.1. The van der Waals surface area contributed by atoms with Gasteiger partial charge in [0.15, 0.2) is 0 Å². The Bertz CT molecular complexity index is 945. The third-order valence-corrected chi connectivity index (χ3v) is 6.79. The first-order valence-electron chi connectivity index (χ1n) is 12.1. The molecule has 7 heteroatoms. The number of nitrogens with one attached hydrogen (secondary N) is 2. The summed E-state index contributed by atoms with van der Waals surface area (Å²) < 4.78 is 17.1. The van der Waals surface area contributed by atoms with E-state index in [0.717, 1.165) is 36.1 Å². The average molecular weight is 469 g/mol. The standard InChI is InChI=1S/C27H36N2O5/c1-3-19-9-10-25-21(13-19)23(15-27(34-25)11-12-33-18-27)28-16-24(30)22(29-26(31)17-32-2)14-20-7-5-4-6-8-20/h4-10,13,22-24,28,30H,3,11-12,14-18H2,1-2H3,(H,29,31)/t22-,23-,24+,27-/m0/s1. The number of aliphatic hydroxyl groups excluding tert-OH is 1. The van der Waals surface area contributed by atoms with E-state index < -0.39 is 12.1 Å². The van der Waals surface area contributed by atoms with Gasteiger partial charge in [0.2, 0.25) is 5.91 Å². The van der Waals surface area contributed by atoms with Crippen molar-refractivity contribution in [3.05, 3.63) is 65.2 Å². The molecule has 3 N–H and O–H groups in total. The molecule has 0 bridgehead atoms. The molecule has 2 aromatic carbocycles. The van der Waals surface area contributed by atoms with E-state index in [4.69, 9.17) is 14.2 Å². The van der Waals surface area contributed by atoms with Crippen molar-refractivity contribution in [2.24, 2.45) is 0 Å². The van der Waals surface area contributed by atoms with Crippen molar-refractivity contribution in [1.29, 1.82) is 0 Å². The Balaban J connectivity index is 1.49. The lowest BCUT2D eigenvalue weighted by Crippen LogP contribution is -2.51. The van der Waals surface area contributed by atoms with Crippen LogP contribution in [0.5, 0.6) is 5.75 Å². The van der Waals surface area contributed by atoms with Crippen LogP contribution in [-0.4, -0.2) is 62.2 Å². The number of methoxy groups -OCH3 is 1. The molecule has 2 aliphatic heterocycles. The van der Waals surface area contributed by atoms with E-state index in [1.54, 1.807) is 0 Å². The summed E-state index contributed by atoms with van der Waals surface area (Å²) in [5, 5.41) is 17.7. The van der Waals surface area contributed by atoms with Crippen molar-refractivity contribution in [3.63, 3.8) is 0 Å². The second-order valence-electron chi connectivity index (χ2n) is 9.34. The third-order valence-electron chi connectivity index (χ3n) is 6.79. The summed E-state index contributed by atoms with van der Waals surface area (Å²) in [6, 6.07) is 15.8. The van der Waals surface area contributed by atoms with Gasteiger partial charge in [-0.2, -0.15) is 0 Å². The van der Waals surface area contributed by atoms with Gasteiger partial charge in [-0.3, -0.25) is 4.79 Å². The maximum atomic E-state index is 12.3. The number of hydrogen-bond donors (Lipinski definition) is 3. The van der Waals surface area contributed by atoms with Gasteiger partial charge in [0.1, 0.15) is 18.0 Å². The molecule has 4 atom stereocenters. The quantitative estimate of drug-likeness (QED) is 0.497. The van der Waals surface area contributed by atoms with Crippen LogP contribution in [0, 0.1) is 0 Å². The zero-order valence-corrected chi connectivity index (χ0v) is 20.1. The number of amides is 1. The Morgan fingerprint density at radius 3 is 2.76 bits per heavy atom. The minimum atomic E-state index is -0.780. The van der Waals surface area contributed by atoms with Gasteiger partial charge in [-0.05, 0) is 30.0 Å². The van der Waals surface area contributed by atoms with E-state index in [0.29, 0.717) is 26.2 Å². The fourth-order valence-corrected chi connectivity index (χ4v) is 4.89. The summed E-state index contributed by atoms with van der Waals surface area (Å²) in [7, 11) is 1.49. The molecule has 7 nitrogen and oxygen atoms in total. The number of carbonyl (C=O) groups excluding carboxylic acids is 1. The number of fused-ring (bicyclic) bond motifs is 1. The topological polar surface area (TPSA) is 89.1 Å². The molecule has 2 aromatic rings. The lowest BCUT2D eigenvalue weighted by molar-refractivity contribution is -0.126. The number of benzene rings is 2. The summed E-state index contributed by atoms with van der Waals surface area (Å²) in [4.78, 5) is 12.3. The number of aliphatic hydroxyl groups is 1. The van der Waals surface area contributed by atoms with Crippen LogP contribution in [0.3, 0.4) is 0 Å². The maximum absolute atomic E-state index is 12.3. The highest BCUT2D eigenvalue weighted by Gasteiger charge is 2.44. The molecule has 34 heavy (non-hydrogen) atoms. The summed E-state index contributed by atoms with van der Waals surface area (Å²) in [5.74, 6) is 0.642. The average Bonchev–Trinajstić information content (AvgIpc) is 3.29. The largest absolute Gasteiger partial charge is 0.484 e. The normalized spacial score (nSPS) is 23.2. The van der Waals surface area contributed by atoms with Crippen LogP contribution in [0.2, 0.25) is 0 Å². The minimum Gasteiger partial charge on any atom is -0.484 e. The zero-order chi connectivity index (χ0) is 24.0. The third kappa shape index (κ3) is 5.96. The molecular weight excluding hydrogens is 432 g/mol. The number of ether oxygens (including phenoxy) is 3. The van der Waals surface area contributed by atoms with E-state index in [9.17, 15) is 9.90 Å². The fraction of sp³-hybridized carbons (Fsp3) is 0.519. The second kappa shape index (κ2) is 11.3. The van der Waals surface area contributed by atoms with E-state index in [-0.39, 0.29) is 24.2 Å². The van der Waals surface area contributed by atoms with Crippen LogP contribution in [0.25, 0.3) is 0 Å². The van der Waals surface area contributed by atoms with Gasteiger partial charge < -0.3 is 30.0 Å². The molecule has 2 aliphatic rings. The van der Waals surface area contributed by atoms with Crippen molar-refractivity contribution < 1.29 is 24.1 Å². The van der Waals surface area contributed by atoms with Crippen molar-refractivity contribution in [3.8, 4) is 5.75 Å². The Labute approximate surface area is 201 Å². The second-order valence-corrected chi connectivity index (χ2v) is 9.34. The SMILES string of the molecule is CCc1ccc2c(c1)[C@@H](NC[C@@H](O)[C@H](Cc1ccccc1)NC(=O)COC)C[C@]1(CCOC1)O2. The minimum absolute atomic E-state index is 0.0265. The van der Waals surface area contributed by atoms with Crippen molar-refractivity contribution in [2.75, 3.05) is 33.5 Å². The molecule has 0 unspecified atom stereocenters. The van der Waals surface area contributed by atoms with Crippen molar-refractivity contribution in [2.45, 2.75) is 56.4 Å². The van der Waals surface area contributed by atoms with Crippen LogP contribution in [0.15, 0.2) is 48.5 Å². The highest BCUT2D eigenvalue weighted by atomic mass is 16.6. The van der Waals surface area contributed by atoms with Crippen LogP contribution in [0.1, 0.15) is 42.5 Å². The molecule has 1 fully saturated rings. The van der Waals surface area contributed by atoms with Crippen LogP contribution in [0.4, 0.5) is 0 Å². The Morgan fingerprint density at radius 1 is 1.24 bits per heavy atom. The molecule has 1 amide bonds. The van der Waals surface area contributed by atoms with Gasteiger partial charge in [-0.15, -0.1) is 0 Å². The molecule has 1 spiro atoms. The molecule has 4 rings (SSSR count). The lowest BCUT2D eigenvalue weighted by atomic mass is 9.85. The summed E-state index contributed by atoms with van der Waals surface area (Å²) in [6.45, 7) is 3.71. The molecular formula is C27H36N2O5. The summed E-state index contributed by atoms with van der Waals surface area (Å²) in [5.41, 5.74) is 3.09. The lowest BCUT2D eigenvalue weighted by Gasteiger charge is -2.40. The van der Waals surface area contributed by atoms with Gasteiger partial charge in [0.25, 0.3) is 0 Å². The number of rotatable bonds is 10. The predicted octanol–water partition coefficient (Wildman–Crippen LogP) is 2.56. The molecule has 0 radical (unpaired) electrons. The Kier molecular flexibility index (Phi) is 8.21. The molecule has 0 aliphatic carbocycles. The van der Waals surface area contributed by atoms with Gasteiger partial charge in [-0.1, -0.05) is 49.4 Å². The fourth-order valence-electron chi connectivity index (χ4n) is 4.89. The highest BCUT2D eigenvalue weighted by molar-refractivity contribution is 5.77. The molecule has 1 saturated heterocycles. The van der Waals surface area contributed by atoms with Gasteiger partial charge in [0, 0.05) is 38.1 Å². The summed E-state index contributed by atoms with van der Waals surface area (Å²) in [6.07, 6.45) is 2.33. The first-order valence-corrected chi connectivity index (χ1v) is 12.1. The maximum Gasteiger partial charge on any atom is 0.246 e. The van der Waals surface area contributed by atoms with E-state index in [1.807, 2.05) is 30.3 Å². The van der Waals surface area contributed by atoms with Crippen LogP contribution in [-0.2, 0) is 27.1 Å². The van der Waals surface area contributed by atoms with Crippen molar-refractivity contribution in [1.82, 2.24) is 10.6 Å². The Hall–Kier alpha value is -2.45. The van der Waals surface area contributed by atoms with Crippen LogP contribution >= 0.6 is 0 Å². The summed E-state index contributed by atoms with van der Waals surface area (Å²) >= 11 is 0. The smallest absolute Gasteiger partial charge is 0.246 e. The molecule has 2 heterocycles. The number of aryl methyl sites for hydroxylation is 1. The van der Waals surface area contributed by atoms with Gasteiger partial charge >= 0.3 is 0 Å². The van der Waals surface area contributed by atoms with E-state index in [2.05, 4.69) is 35.8 Å². The monoisotopic (exact) mass is 468 g/mol. The van der Waals surface area contributed by atoms with E-state index in [1.165, 1.54) is 12.7 Å². The first kappa shape index (κ1) is 24.7. The predicted molar refractivity (Wildman–Crippen MR) is 130 cm³/mol. The van der Waals surface area contributed by atoms with E-state index >= 15 is 0 Å². The van der Waals surface area contributed by atoms with Gasteiger partial charge in [0.05, 0.1) is 25.4 Å². The number of carbonyl (C=O) groups is 1. The van der Waals surface area contributed by atoms with Crippen LogP contribution < -0.4 is 15.4 Å².